The van der Waals surface area contributed by atoms with Crippen LogP contribution in [0, 0.1) is 0 Å². The van der Waals surface area contributed by atoms with Gasteiger partial charge in [0.2, 0.25) is 0 Å². The molecular weight excluding hydrogens is 281 g/mol. The molecule has 21 heavy (non-hydrogen) atoms. The summed E-state index contributed by atoms with van der Waals surface area (Å²) in [6, 6.07) is 9.72. The summed E-state index contributed by atoms with van der Waals surface area (Å²) in [5, 5.41) is 0. The molecule has 0 amide bonds. The summed E-state index contributed by atoms with van der Waals surface area (Å²) in [6.07, 6.45) is -4.38. The fourth-order valence-corrected chi connectivity index (χ4v) is 2.14. The Morgan fingerprint density at radius 1 is 1.05 bits per heavy atom. The van der Waals surface area contributed by atoms with Crippen molar-refractivity contribution in [3.63, 3.8) is 0 Å². The number of carbonyl (C=O) groups is 1. The average molecular weight is 294 g/mol. The van der Waals surface area contributed by atoms with Crippen molar-refractivity contribution in [3.8, 4) is 16.9 Å². The van der Waals surface area contributed by atoms with Gasteiger partial charge in [0.25, 0.3) is 0 Å². The fourth-order valence-electron chi connectivity index (χ4n) is 2.14. The monoisotopic (exact) mass is 294 g/mol. The Morgan fingerprint density at radius 2 is 1.67 bits per heavy atom. The van der Waals surface area contributed by atoms with E-state index in [0.29, 0.717) is 22.4 Å². The molecule has 0 unspecified atom stereocenters. The number of rotatable bonds is 3. The second-order valence-electron chi connectivity index (χ2n) is 4.51. The molecule has 0 spiro atoms. The van der Waals surface area contributed by atoms with E-state index in [2.05, 4.69) is 0 Å². The fraction of sp³-hybridized carbons (Fsp3) is 0.188. The summed E-state index contributed by atoms with van der Waals surface area (Å²) in [6.45, 7) is 1.39. The van der Waals surface area contributed by atoms with E-state index >= 15 is 0 Å². The van der Waals surface area contributed by atoms with Gasteiger partial charge in [-0.25, -0.2) is 0 Å². The molecule has 0 aromatic heterocycles. The van der Waals surface area contributed by atoms with E-state index in [1.165, 1.54) is 26.2 Å². The lowest BCUT2D eigenvalue weighted by atomic mass is 9.96. The molecule has 0 aliphatic carbocycles. The molecule has 0 saturated heterocycles. The Hall–Kier alpha value is -2.30. The lowest BCUT2D eigenvalue weighted by molar-refractivity contribution is -0.137. The van der Waals surface area contributed by atoms with Crippen LogP contribution in [0.4, 0.5) is 13.2 Å². The van der Waals surface area contributed by atoms with Crippen LogP contribution in [-0.2, 0) is 6.18 Å². The maximum Gasteiger partial charge on any atom is 0.416 e. The van der Waals surface area contributed by atoms with Gasteiger partial charge in [0.15, 0.2) is 5.78 Å². The summed E-state index contributed by atoms with van der Waals surface area (Å²) in [5.41, 5.74) is 0.723. The second-order valence-corrected chi connectivity index (χ2v) is 4.51. The van der Waals surface area contributed by atoms with Crippen LogP contribution in [0.1, 0.15) is 22.8 Å². The van der Waals surface area contributed by atoms with Gasteiger partial charge in [-0.15, -0.1) is 0 Å². The van der Waals surface area contributed by atoms with Gasteiger partial charge in [0, 0.05) is 0 Å². The molecule has 0 bridgehead atoms. The third-order valence-corrected chi connectivity index (χ3v) is 3.12. The minimum Gasteiger partial charge on any atom is -0.496 e. The van der Waals surface area contributed by atoms with E-state index in [0.717, 1.165) is 12.1 Å². The summed E-state index contributed by atoms with van der Waals surface area (Å²) in [7, 11) is 1.44. The predicted octanol–water partition coefficient (Wildman–Crippen LogP) is 4.58. The van der Waals surface area contributed by atoms with E-state index in [1.807, 2.05) is 0 Å². The molecule has 5 heteroatoms. The van der Waals surface area contributed by atoms with Gasteiger partial charge in [-0.2, -0.15) is 13.2 Å². The van der Waals surface area contributed by atoms with Gasteiger partial charge in [-0.3, -0.25) is 4.79 Å². The highest BCUT2D eigenvalue weighted by atomic mass is 19.4. The van der Waals surface area contributed by atoms with Crippen LogP contribution in [-0.4, -0.2) is 12.9 Å². The molecular formula is C16H13F3O2. The summed E-state index contributed by atoms with van der Waals surface area (Å²) in [5.74, 6) is 0.197. The maximum atomic E-state index is 12.6. The van der Waals surface area contributed by atoms with Crippen LogP contribution in [0.15, 0.2) is 42.5 Å². The van der Waals surface area contributed by atoms with Crippen molar-refractivity contribution in [2.45, 2.75) is 13.1 Å². The zero-order valence-corrected chi connectivity index (χ0v) is 11.5. The Labute approximate surface area is 120 Å². The highest BCUT2D eigenvalue weighted by molar-refractivity contribution is 6.03. The van der Waals surface area contributed by atoms with Crippen LogP contribution in [0.5, 0.6) is 5.75 Å². The molecule has 0 saturated carbocycles. The first-order chi connectivity index (χ1) is 9.84. The zero-order chi connectivity index (χ0) is 15.6. The minimum atomic E-state index is -4.38. The van der Waals surface area contributed by atoms with Crippen LogP contribution in [0.3, 0.4) is 0 Å². The molecule has 0 aliphatic heterocycles. The predicted molar refractivity (Wildman–Crippen MR) is 73.4 cm³/mol. The summed E-state index contributed by atoms with van der Waals surface area (Å²) in [4.78, 5) is 11.8. The quantitative estimate of drug-likeness (QED) is 0.774. The van der Waals surface area contributed by atoms with Crippen LogP contribution in [0.2, 0.25) is 0 Å². The number of halogens is 3. The van der Waals surface area contributed by atoms with Crippen LogP contribution in [0.25, 0.3) is 11.1 Å². The first-order valence-electron chi connectivity index (χ1n) is 6.20. The smallest absolute Gasteiger partial charge is 0.416 e. The van der Waals surface area contributed by atoms with Crippen molar-refractivity contribution in [1.82, 2.24) is 0 Å². The number of Topliss-reactive ketones (excluding diaryl/α,β-unsaturated/α-hetero) is 1. The first kappa shape index (κ1) is 15.1. The van der Waals surface area contributed by atoms with Gasteiger partial charge in [-0.05, 0) is 36.2 Å². The van der Waals surface area contributed by atoms with Crippen LogP contribution < -0.4 is 4.74 Å². The van der Waals surface area contributed by atoms with E-state index in [-0.39, 0.29) is 5.78 Å². The number of hydrogen-bond acceptors (Lipinski definition) is 2. The third kappa shape index (κ3) is 3.07. The number of alkyl halides is 3. The average Bonchev–Trinajstić information content (AvgIpc) is 2.45. The largest absolute Gasteiger partial charge is 0.496 e. The van der Waals surface area contributed by atoms with E-state index in [1.54, 1.807) is 18.2 Å². The number of carbonyl (C=O) groups excluding carboxylic acids is 1. The Balaban J connectivity index is 2.54. The summed E-state index contributed by atoms with van der Waals surface area (Å²) >= 11 is 0. The van der Waals surface area contributed by atoms with Crippen molar-refractivity contribution in [3.05, 3.63) is 53.6 Å². The number of ether oxygens (including phenoxy) is 1. The molecule has 0 fully saturated rings. The van der Waals surface area contributed by atoms with E-state index in [4.69, 9.17) is 4.74 Å². The number of hydrogen-bond donors (Lipinski definition) is 0. The lowest BCUT2D eigenvalue weighted by Gasteiger charge is -2.13. The first-order valence-corrected chi connectivity index (χ1v) is 6.20. The molecule has 2 nitrogen and oxygen atoms in total. The molecule has 0 aliphatic rings. The van der Waals surface area contributed by atoms with Gasteiger partial charge in [0.1, 0.15) is 5.75 Å². The molecule has 2 rings (SSSR count). The molecule has 110 valence electrons. The standard InChI is InChI=1S/C16H13F3O2/c1-10(20)15-13(4-3-5-14(15)21-2)11-6-8-12(9-7-11)16(17,18)19/h3-9H,1-2H3. The van der Waals surface area contributed by atoms with Gasteiger partial charge < -0.3 is 4.74 Å². The highest BCUT2D eigenvalue weighted by Crippen LogP contribution is 2.34. The highest BCUT2D eigenvalue weighted by Gasteiger charge is 2.30. The second kappa shape index (κ2) is 5.60. The number of ketones is 1. The van der Waals surface area contributed by atoms with E-state index in [9.17, 15) is 18.0 Å². The van der Waals surface area contributed by atoms with Gasteiger partial charge in [0.05, 0.1) is 18.2 Å². The Kier molecular flexibility index (Phi) is 4.02. The topological polar surface area (TPSA) is 26.3 Å². The van der Waals surface area contributed by atoms with Crippen molar-refractivity contribution in [1.29, 1.82) is 0 Å². The maximum absolute atomic E-state index is 12.6. The van der Waals surface area contributed by atoms with Crippen molar-refractivity contribution in [2.75, 3.05) is 7.11 Å². The summed E-state index contributed by atoms with van der Waals surface area (Å²) < 4.78 is 42.9. The van der Waals surface area contributed by atoms with Gasteiger partial charge in [-0.1, -0.05) is 24.3 Å². The molecule has 0 N–H and O–H groups in total. The molecule has 0 radical (unpaired) electrons. The van der Waals surface area contributed by atoms with Crippen molar-refractivity contribution >= 4 is 5.78 Å². The minimum absolute atomic E-state index is 0.206. The Bertz CT molecular complexity index is 658. The van der Waals surface area contributed by atoms with Gasteiger partial charge >= 0.3 is 6.18 Å². The zero-order valence-electron chi connectivity index (χ0n) is 11.5. The van der Waals surface area contributed by atoms with Crippen molar-refractivity contribution < 1.29 is 22.7 Å². The molecule has 0 atom stereocenters. The van der Waals surface area contributed by atoms with Crippen molar-refractivity contribution in [2.24, 2.45) is 0 Å². The lowest BCUT2D eigenvalue weighted by Crippen LogP contribution is -2.04. The SMILES string of the molecule is COc1cccc(-c2ccc(C(F)(F)F)cc2)c1C(C)=O. The molecule has 2 aromatic rings. The number of benzene rings is 2. The Morgan fingerprint density at radius 3 is 2.14 bits per heavy atom. The normalized spacial score (nSPS) is 11.3. The number of methoxy groups -OCH3 is 1. The molecule has 2 aromatic carbocycles. The van der Waals surface area contributed by atoms with E-state index < -0.39 is 11.7 Å². The third-order valence-electron chi connectivity index (χ3n) is 3.12. The molecule has 0 heterocycles. The van der Waals surface area contributed by atoms with Crippen LogP contribution >= 0.6 is 0 Å².